The highest BCUT2D eigenvalue weighted by molar-refractivity contribution is 7.99. The number of phenolic OH excluding ortho intramolecular Hbond substituents is 2. The smallest absolute Gasteiger partial charge is 0.460 e. The molecule has 0 spiro atoms. The number of phenols is 2. The molecule has 3 N–H and O–H groups in total. The number of carboxylic acids is 1. The van der Waals surface area contributed by atoms with Gasteiger partial charge in [-0.25, -0.2) is 0 Å². The zero-order valence-electron chi connectivity index (χ0n) is 26.4. The van der Waals surface area contributed by atoms with Gasteiger partial charge in [-0.2, -0.15) is 39.5 Å². The summed E-state index contributed by atoms with van der Waals surface area (Å²) in [5, 5.41) is 29.2. The van der Waals surface area contributed by atoms with Crippen molar-refractivity contribution in [2.24, 2.45) is 5.92 Å². The molecule has 0 aliphatic carbocycles. The number of benzene rings is 2. The summed E-state index contributed by atoms with van der Waals surface area (Å²) < 4.78 is 117. The summed E-state index contributed by atoms with van der Waals surface area (Å²) in [5.74, 6) is -20.6. The monoisotopic (exact) mass is 716 g/mol. The molecule has 0 saturated carbocycles. The molecule has 3 rings (SSSR count). The van der Waals surface area contributed by atoms with Crippen molar-refractivity contribution in [1.82, 2.24) is 0 Å². The Kier molecular flexibility index (Phi) is 13.1. The fraction of sp³-hybridized carbons (Fsp3) is 0.618. The van der Waals surface area contributed by atoms with Crippen LogP contribution in [0.1, 0.15) is 101 Å². The first kappa shape index (κ1) is 39.7. The number of hydrogen-bond acceptors (Lipinski definition) is 4. The summed E-state index contributed by atoms with van der Waals surface area (Å²) >= 11 is 1.69. The number of carboxylic acid groups (broad SMARTS) is 1. The van der Waals surface area contributed by atoms with Gasteiger partial charge in [0, 0.05) is 22.5 Å². The molecular weight excluding hydrogens is 675 g/mol. The zero-order valence-corrected chi connectivity index (χ0v) is 27.3. The lowest BCUT2D eigenvalue weighted by Gasteiger charge is -2.43. The normalized spacial score (nSPS) is 19.6. The number of carbonyl (C=O) groups is 1. The van der Waals surface area contributed by atoms with Gasteiger partial charge in [0.15, 0.2) is 0 Å². The van der Waals surface area contributed by atoms with E-state index < -0.39 is 55.1 Å². The minimum absolute atomic E-state index is 0.0283. The third-order valence-electron chi connectivity index (χ3n) is 9.34. The molecular formula is C34H41F9O4S. The fourth-order valence-corrected chi connectivity index (χ4v) is 7.76. The second-order valence-electron chi connectivity index (χ2n) is 12.9. The van der Waals surface area contributed by atoms with Crippen LogP contribution >= 0.6 is 11.8 Å². The first-order valence-corrected chi connectivity index (χ1v) is 16.9. The Morgan fingerprint density at radius 2 is 1.33 bits per heavy atom. The minimum atomic E-state index is -6.95. The van der Waals surface area contributed by atoms with Crippen molar-refractivity contribution in [3.63, 3.8) is 0 Å². The number of rotatable bonds is 18. The first-order chi connectivity index (χ1) is 22.2. The number of alkyl halides is 9. The Balaban J connectivity index is 1.42. The summed E-state index contributed by atoms with van der Waals surface area (Å²) in [6.07, 6.45) is -4.10. The Hall–Kier alpha value is -2.77. The number of unbranched alkanes of at least 4 members (excludes halogenated alkanes) is 6. The van der Waals surface area contributed by atoms with Crippen LogP contribution in [-0.4, -0.2) is 51.0 Å². The van der Waals surface area contributed by atoms with Crippen molar-refractivity contribution in [1.29, 1.82) is 0 Å². The van der Waals surface area contributed by atoms with E-state index in [0.717, 1.165) is 54.7 Å². The fourth-order valence-electron chi connectivity index (χ4n) is 6.36. The molecule has 1 unspecified atom stereocenters. The van der Waals surface area contributed by atoms with E-state index in [2.05, 4.69) is 6.92 Å². The van der Waals surface area contributed by atoms with Gasteiger partial charge in [-0.1, -0.05) is 70.1 Å². The molecule has 0 aromatic heterocycles. The van der Waals surface area contributed by atoms with Gasteiger partial charge in [0.2, 0.25) is 0 Å². The molecule has 0 saturated heterocycles. The second-order valence-corrected chi connectivity index (χ2v) is 13.9. The van der Waals surface area contributed by atoms with Crippen LogP contribution in [0.3, 0.4) is 0 Å². The molecule has 1 aliphatic heterocycles. The lowest BCUT2D eigenvalue weighted by molar-refractivity contribution is -0.396. The van der Waals surface area contributed by atoms with Gasteiger partial charge in [0.25, 0.3) is 0 Å². The van der Waals surface area contributed by atoms with Crippen LogP contribution in [0.4, 0.5) is 39.5 Å². The van der Waals surface area contributed by atoms with Crippen LogP contribution in [0.2, 0.25) is 0 Å². The third-order valence-corrected chi connectivity index (χ3v) is 10.8. The van der Waals surface area contributed by atoms with Gasteiger partial charge < -0.3 is 15.3 Å². The van der Waals surface area contributed by atoms with Crippen molar-refractivity contribution in [2.75, 3.05) is 5.75 Å². The van der Waals surface area contributed by atoms with E-state index in [0.29, 0.717) is 12.8 Å². The number of thioether (sulfide) groups is 1. The predicted molar refractivity (Wildman–Crippen MR) is 164 cm³/mol. The van der Waals surface area contributed by atoms with Gasteiger partial charge in [-0.15, -0.1) is 11.8 Å². The van der Waals surface area contributed by atoms with Crippen LogP contribution in [0.5, 0.6) is 11.5 Å². The molecule has 2 aromatic carbocycles. The van der Waals surface area contributed by atoms with E-state index in [1.54, 1.807) is 36.0 Å². The Morgan fingerprint density at radius 3 is 1.92 bits per heavy atom. The van der Waals surface area contributed by atoms with Crippen molar-refractivity contribution in [3.8, 4) is 11.5 Å². The average Bonchev–Trinajstić information content (AvgIpc) is 2.99. The maximum atomic E-state index is 13.8. The molecule has 1 aliphatic rings. The lowest BCUT2D eigenvalue weighted by atomic mass is 9.68. The average molecular weight is 717 g/mol. The predicted octanol–water partition coefficient (Wildman–Crippen LogP) is 11.1. The summed E-state index contributed by atoms with van der Waals surface area (Å²) in [6.45, 7) is 2.21. The van der Waals surface area contributed by atoms with E-state index in [1.165, 1.54) is 5.56 Å². The maximum absolute atomic E-state index is 13.8. The molecule has 270 valence electrons. The number of aromatic hydroxyl groups is 2. The second kappa shape index (κ2) is 15.8. The van der Waals surface area contributed by atoms with E-state index in [-0.39, 0.29) is 29.3 Å². The van der Waals surface area contributed by atoms with Crippen molar-refractivity contribution < 1.29 is 59.6 Å². The largest absolute Gasteiger partial charge is 0.508 e. The van der Waals surface area contributed by atoms with E-state index in [9.17, 15) is 59.6 Å². The van der Waals surface area contributed by atoms with E-state index in [4.69, 9.17) is 0 Å². The molecule has 48 heavy (non-hydrogen) atoms. The van der Waals surface area contributed by atoms with E-state index in [1.807, 2.05) is 18.2 Å². The van der Waals surface area contributed by atoms with Crippen LogP contribution in [-0.2, 0) is 10.2 Å². The van der Waals surface area contributed by atoms with Gasteiger partial charge in [0.1, 0.15) is 11.5 Å². The molecule has 2 aromatic rings. The zero-order chi connectivity index (χ0) is 36.0. The summed E-state index contributed by atoms with van der Waals surface area (Å²) in [6, 6.07) is 12.7. The van der Waals surface area contributed by atoms with Crippen LogP contribution in [0, 0.1) is 5.92 Å². The van der Waals surface area contributed by atoms with E-state index >= 15 is 0 Å². The number of hydrogen-bond donors (Lipinski definition) is 3. The molecule has 3 atom stereocenters. The Labute approximate surface area is 278 Å². The quantitative estimate of drug-likeness (QED) is 0.106. The maximum Gasteiger partial charge on any atom is 0.460 e. The Bertz CT molecular complexity index is 1350. The van der Waals surface area contributed by atoms with Crippen LogP contribution in [0.15, 0.2) is 47.4 Å². The molecule has 0 bridgehead atoms. The van der Waals surface area contributed by atoms with Crippen molar-refractivity contribution in [3.05, 3.63) is 53.6 Å². The van der Waals surface area contributed by atoms with Gasteiger partial charge in [0.05, 0.1) is 5.92 Å². The molecule has 4 nitrogen and oxygen atoms in total. The SMILES string of the molecule is C[C@@]1(c2ccc(O)cc2)CSc2cc(O)ccc2[C@H]1CCCCCCCCCC(CCCC(F)(F)C(F)(F)C(F)(F)C(F)(F)F)C(=O)O. The van der Waals surface area contributed by atoms with Crippen molar-refractivity contribution in [2.45, 2.75) is 124 Å². The molecule has 0 fully saturated rings. The van der Waals surface area contributed by atoms with Gasteiger partial charge >= 0.3 is 29.9 Å². The number of halogens is 9. The molecule has 1 heterocycles. The molecule has 14 heteroatoms. The summed E-state index contributed by atoms with van der Waals surface area (Å²) in [7, 11) is 0. The number of aliphatic carboxylic acids is 1. The Morgan fingerprint density at radius 1 is 0.792 bits per heavy atom. The molecule has 0 radical (unpaired) electrons. The standard InChI is InChI=1S/C34H41F9O4S/c1-30(23-13-15-24(44)16-14-23)21-48-28-20-25(45)17-18-26(28)27(30)12-8-6-4-2-3-5-7-10-22(29(46)47)11-9-19-31(35,36)32(37,38)33(39,40)34(41,42)43/h13-18,20,22,27,44-45H,2-12,19,21H2,1H3,(H,46,47)/t22?,27-,30+/m1/s1. The van der Waals surface area contributed by atoms with Gasteiger partial charge in [-0.3, -0.25) is 4.79 Å². The summed E-state index contributed by atoms with van der Waals surface area (Å²) in [4.78, 5) is 12.6. The van der Waals surface area contributed by atoms with Crippen LogP contribution in [0.25, 0.3) is 0 Å². The minimum Gasteiger partial charge on any atom is -0.508 e. The summed E-state index contributed by atoms with van der Waals surface area (Å²) in [5.41, 5.74) is 2.09. The highest BCUT2D eigenvalue weighted by Crippen LogP contribution is 2.55. The molecule has 0 amide bonds. The number of fused-ring (bicyclic) bond motifs is 1. The first-order valence-electron chi connectivity index (χ1n) is 15.9. The van der Waals surface area contributed by atoms with Crippen LogP contribution < -0.4 is 0 Å². The van der Waals surface area contributed by atoms with Gasteiger partial charge in [-0.05, 0) is 67.0 Å². The highest BCUT2D eigenvalue weighted by Gasteiger charge is 2.81. The van der Waals surface area contributed by atoms with Crippen molar-refractivity contribution >= 4 is 17.7 Å². The topological polar surface area (TPSA) is 77.8 Å². The lowest BCUT2D eigenvalue weighted by Crippen LogP contribution is -2.60. The highest BCUT2D eigenvalue weighted by atomic mass is 32.2. The third kappa shape index (κ3) is 9.06.